The topological polar surface area (TPSA) is 86.8 Å². The van der Waals surface area contributed by atoms with Gasteiger partial charge in [0.2, 0.25) is 21.8 Å². The molecule has 198 valence electrons. The molecule has 0 radical (unpaired) electrons. The number of sulfonamides is 1. The van der Waals surface area contributed by atoms with E-state index in [1.165, 1.54) is 10.6 Å². The molecule has 0 aromatic heterocycles. The van der Waals surface area contributed by atoms with Crippen LogP contribution in [-0.4, -0.2) is 50.5 Å². The van der Waals surface area contributed by atoms with E-state index in [1.807, 2.05) is 52.0 Å². The van der Waals surface area contributed by atoms with E-state index in [9.17, 15) is 18.0 Å². The van der Waals surface area contributed by atoms with Crippen molar-refractivity contribution in [2.24, 2.45) is 5.92 Å². The van der Waals surface area contributed by atoms with Crippen molar-refractivity contribution in [2.75, 3.05) is 23.7 Å². The van der Waals surface area contributed by atoms with Gasteiger partial charge in [-0.05, 0) is 55.0 Å². The van der Waals surface area contributed by atoms with Crippen LogP contribution in [0.5, 0.6) is 0 Å². The normalized spacial score (nSPS) is 12.3. The summed E-state index contributed by atoms with van der Waals surface area (Å²) in [6.07, 6.45) is 2.06. The van der Waals surface area contributed by atoms with Gasteiger partial charge >= 0.3 is 0 Å². The van der Waals surface area contributed by atoms with Crippen LogP contribution >= 0.6 is 11.6 Å². The molecule has 0 spiro atoms. The Morgan fingerprint density at radius 2 is 1.69 bits per heavy atom. The van der Waals surface area contributed by atoms with Gasteiger partial charge in [0.05, 0.1) is 11.9 Å². The number of carbonyl (C=O) groups is 2. The number of anilines is 1. The maximum atomic E-state index is 13.4. The first-order valence-corrected chi connectivity index (χ1v) is 14.5. The minimum atomic E-state index is -3.53. The summed E-state index contributed by atoms with van der Waals surface area (Å²) in [7, 11) is -3.53. The van der Waals surface area contributed by atoms with Gasteiger partial charge in [-0.3, -0.25) is 13.9 Å². The summed E-state index contributed by atoms with van der Waals surface area (Å²) >= 11 is 6.02. The van der Waals surface area contributed by atoms with Crippen LogP contribution in [0.15, 0.2) is 48.5 Å². The van der Waals surface area contributed by atoms with Gasteiger partial charge in [-0.25, -0.2) is 8.42 Å². The van der Waals surface area contributed by atoms with Gasteiger partial charge in [0, 0.05) is 31.1 Å². The highest BCUT2D eigenvalue weighted by molar-refractivity contribution is 7.92. The number of rotatable bonds is 13. The first-order valence-electron chi connectivity index (χ1n) is 12.3. The first kappa shape index (κ1) is 29.6. The van der Waals surface area contributed by atoms with Crippen LogP contribution in [0.25, 0.3) is 0 Å². The van der Waals surface area contributed by atoms with E-state index < -0.39 is 16.1 Å². The number of halogens is 1. The molecule has 0 saturated carbocycles. The monoisotopic (exact) mass is 535 g/mol. The molecule has 0 aliphatic rings. The maximum absolute atomic E-state index is 13.4. The molecule has 0 bridgehead atoms. The van der Waals surface area contributed by atoms with E-state index in [2.05, 4.69) is 5.32 Å². The molecule has 2 aromatic rings. The zero-order valence-corrected chi connectivity index (χ0v) is 23.4. The summed E-state index contributed by atoms with van der Waals surface area (Å²) in [6.45, 7) is 8.72. The average Bonchev–Trinajstić information content (AvgIpc) is 2.81. The Morgan fingerprint density at radius 3 is 2.25 bits per heavy atom. The van der Waals surface area contributed by atoms with Gasteiger partial charge in [0.25, 0.3) is 0 Å². The summed E-state index contributed by atoms with van der Waals surface area (Å²) in [4.78, 5) is 28.0. The fourth-order valence-corrected chi connectivity index (χ4v) is 5.10. The van der Waals surface area contributed by atoms with Crippen molar-refractivity contribution in [3.63, 3.8) is 0 Å². The zero-order valence-electron chi connectivity index (χ0n) is 21.8. The molecule has 1 N–H and O–H groups in total. The fourth-order valence-electron chi connectivity index (χ4n) is 3.95. The molecule has 1 unspecified atom stereocenters. The lowest BCUT2D eigenvalue weighted by atomic mass is 10.1. The SMILES string of the molecule is CCC(C(=O)NCC(C)C)N(Cc1ccc(Cl)cc1)C(=O)CCCN(c1ccccc1C)S(C)(=O)=O. The second-order valence-electron chi connectivity index (χ2n) is 9.44. The van der Waals surface area contributed by atoms with Crippen molar-refractivity contribution in [1.82, 2.24) is 10.2 Å². The zero-order chi connectivity index (χ0) is 26.9. The van der Waals surface area contributed by atoms with Gasteiger partial charge < -0.3 is 10.2 Å². The van der Waals surface area contributed by atoms with Crippen molar-refractivity contribution < 1.29 is 18.0 Å². The van der Waals surface area contributed by atoms with Crippen LogP contribution in [-0.2, 0) is 26.2 Å². The Kier molecular flexibility index (Phi) is 11.2. The standard InChI is InChI=1S/C27H38ClN3O4S/c1-6-24(27(33)29-18-20(2)3)30(19-22-13-15-23(28)16-14-22)26(32)12-9-17-31(36(5,34)35)25-11-8-7-10-21(25)4/h7-8,10-11,13-16,20,24H,6,9,12,17-19H2,1-5H3,(H,29,33). The van der Waals surface area contributed by atoms with Crippen LogP contribution < -0.4 is 9.62 Å². The number of amides is 2. The first-order chi connectivity index (χ1) is 16.9. The van der Waals surface area contributed by atoms with Gasteiger partial charge in [-0.1, -0.05) is 62.7 Å². The largest absolute Gasteiger partial charge is 0.354 e. The molecule has 2 rings (SSSR count). The molecule has 1 atom stereocenters. The van der Waals surface area contributed by atoms with Gasteiger partial charge in [0.15, 0.2) is 0 Å². The molecule has 0 saturated heterocycles. The minimum Gasteiger partial charge on any atom is -0.354 e. The number of benzene rings is 2. The molecule has 0 heterocycles. The van der Waals surface area contributed by atoms with Crippen LogP contribution in [0, 0.1) is 12.8 Å². The number of aryl methyl sites for hydroxylation is 1. The number of nitrogens with one attached hydrogen (secondary N) is 1. The molecule has 0 fully saturated rings. The fraction of sp³-hybridized carbons (Fsp3) is 0.481. The Morgan fingerprint density at radius 1 is 1.06 bits per heavy atom. The van der Waals surface area contributed by atoms with Crippen molar-refractivity contribution in [3.05, 3.63) is 64.7 Å². The Hall–Kier alpha value is -2.58. The molecule has 7 nitrogen and oxygen atoms in total. The van der Waals surface area contributed by atoms with Crippen LogP contribution in [0.3, 0.4) is 0 Å². The van der Waals surface area contributed by atoms with Crippen LogP contribution in [0.2, 0.25) is 5.02 Å². The van der Waals surface area contributed by atoms with E-state index in [-0.39, 0.29) is 37.2 Å². The summed E-state index contributed by atoms with van der Waals surface area (Å²) in [6, 6.07) is 13.8. The highest BCUT2D eigenvalue weighted by Crippen LogP contribution is 2.23. The predicted octanol–water partition coefficient (Wildman–Crippen LogP) is 4.77. The molecule has 0 aliphatic heterocycles. The molecule has 36 heavy (non-hydrogen) atoms. The number of carbonyl (C=O) groups excluding carboxylic acids is 2. The summed E-state index contributed by atoms with van der Waals surface area (Å²) in [5, 5.41) is 3.54. The number of hydrogen-bond donors (Lipinski definition) is 1. The maximum Gasteiger partial charge on any atom is 0.242 e. The van der Waals surface area contributed by atoms with Crippen molar-refractivity contribution in [2.45, 2.75) is 59.5 Å². The summed E-state index contributed by atoms with van der Waals surface area (Å²) in [5.74, 6) is -0.101. The molecule has 0 aliphatic carbocycles. The quantitative estimate of drug-likeness (QED) is 0.400. The van der Waals surface area contributed by atoms with Gasteiger partial charge in [0.1, 0.15) is 6.04 Å². The smallest absolute Gasteiger partial charge is 0.242 e. The van der Waals surface area contributed by atoms with Gasteiger partial charge in [-0.15, -0.1) is 0 Å². The number of para-hydroxylation sites is 1. The van der Waals surface area contributed by atoms with Crippen molar-refractivity contribution in [3.8, 4) is 0 Å². The second-order valence-corrected chi connectivity index (χ2v) is 11.8. The van der Waals surface area contributed by atoms with Crippen LogP contribution in [0.4, 0.5) is 5.69 Å². The molecular weight excluding hydrogens is 498 g/mol. The van der Waals surface area contributed by atoms with E-state index in [1.54, 1.807) is 29.2 Å². The van der Waals surface area contributed by atoms with E-state index in [0.29, 0.717) is 30.1 Å². The third-order valence-electron chi connectivity index (χ3n) is 5.87. The summed E-state index contributed by atoms with van der Waals surface area (Å²) in [5.41, 5.74) is 2.30. The highest BCUT2D eigenvalue weighted by atomic mass is 35.5. The molecule has 9 heteroatoms. The molecule has 2 aromatic carbocycles. The minimum absolute atomic E-state index is 0.111. The Bertz CT molecular complexity index is 1120. The predicted molar refractivity (Wildman–Crippen MR) is 147 cm³/mol. The van der Waals surface area contributed by atoms with Crippen molar-refractivity contribution >= 4 is 39.1 Å². The number of hydrogen-bond acceptors (Lipinski definition) is 4. The van der Waals surface area contributed by atoms with E-state index in [0.717, 1.165) is 11.1 Å². The lowest BCUT2D eigenvalue weighted by Crippen LogP contribution is -2.49. The van der Waals surface area contributed by atoms with E-state index in [4.69, 9.17) is 11.6 Å². The van der Waals surface area contributed by atoms with Crippen molar-refractivity contribution in [1.29, 1.82) is 0 Å². The van der Waals surface area contributed by atoms with Crippen LogP contribution in [0.1, 0.15) is 51.2 Å². The molecular formula is C27H38ClN3O4S. The highest BCUT2D eigenvalue weighted by Gasteiger charge is 2.29. The second kappa shape index (κ2) is 13.7. The lowest BCUT2D eigenvalue weighted by molar-refractivity contribution is -0.141. The van der Waals surface area contributed by atoms with Gasteiger partial charge in [-0.2, -0.15) is 0 Å². The third-order valence-corrected chi connectivity index (χ3v) is 7.30. The average molecular weight is 536 g/mol. The lowest BCUT2D eigenvalue weighted by Gasteiger charge is -2.31. The van der Waals surface area contributed by atoms with E-state index >= 15 is 0 Å². The third kappa shape index (κ3) is 8.82. The Balaban J connectivity index is 2.21. The Labute approximate surface area is 220 Å². The number of nitrogens with zero attached hydrogens (tertiary/aromatic N) is 2. The summed E-state index contributed by atoms with van der Waals surface area (Å²) < 4.78 is 26.3. The molecule has 2 amide bonds.